The average molecular weight is 213 g/mol. The molecule has 3 heteroatoms. The van der Waals surface area contributed by atoms with Gasteiger partial charge in [-0.2, -0.15) is 0 Å². The van der Waals surface area contributed by atoms with E-state index in [1.54, 1.807) is 24.3 Å². The van der Waals surface area contributed by atoms with Gasteiger partial charge in [0.15, 0.2) is 0 Å². The fourth-order valence-corrected chi connectivity index (χ4v) is 1.22. The zero-order valence-electron chi connectivity index (χ0n) is 7.91. The summed E-state index contributed by atoms with van der Waals surface area (Å²) < 4.78 is 5.43. The molecule has 0 N–H and O–H groups in total. The third kappa shape index (κ3) is 3.79. The standard InChI is InChI=1S/C11H13ClO2/c12-7-1-2-8-14-11-5-3-10(9-13)4-6-11/h3-6,9H,1-2,7-8H2. The molecule has 0 aliphatic carbocycles. The lowest BCUT2D eigenvalue weighted by Gasteiger charge is -2.04. The Kier molecular flexibility index (Phi) is 5.08. The van der Waals surface area contributed by atoms with Crippen LogP contribution in [0.1, 0.15) is 23.2 Å². The van der Waals surface area contributed by atoms with Crippen molar-refractivity contribution in [2.45, 2.75) is 12.8 Å². The first-order valence-electron chi connectivity index (χ1n) is 4.61. The van der Waals surface area contributed by atoms with Gasteiger partial charge in [-0.1, -0.05) is 0 Å². The van der Waals surface area contributed by atoms with Gasteiger partial charge in [-0.3, -0.25) is 4.79 Å². The molecule has 2 nitrogen and oxygen atoms in total. The van der Waals surface area contributed by atoms with Crippen LogP contribution in [0.4, 0.5) is 0 Å². The Labute approximate surface area is 88.8 Å². The van der Waals surface area contributed by atoms with Gasteiger partial charge in [-0.15, -0.1) is 11.6 Å². The minimum atomic E-state index is 0.665. The fourth-order valence-electron chi connectivity index (χ4n) is 1.03. The van der Waals surface area contributed by atoms with Gasteiger partial charge in [-0.05, 0) is 37.1 Å². The molecule has 0 saturated heterocycles. The quantitative estimate of drug-likeness (QED) is 0.412. The lowest BCUT2D eigenvalue weighted by Crippen LogP contribution is -1.97. The number of hydrogen-bond donors (Lipinski definition) is 0. The Morgan fingerprint density at radius 1 is 1.21 bits per heavy atom. The van der Waals surface area contributed by atoms with E-state index >= 15 is 0 Å². The van der Waals surface area contributed by atoms with Crippen LogP contribution in [0, 0.1) is 0 Å². The summed E-state index contributed by atoms with van der Waals surface area (Å²) >= 11 is 5.53. The van der Waals surface area contributed by atoms with Gasteiger partial charge in [0.1, 0.15) is 12.0 Å². The third-order valence-corrected chi connectivity index (χ3v) is 2.08. The molecule has 0 aromatic heterocycles. The van der Waals surface area contributed by atoms with Crippen LogP contribution in [0.3, 0.4) is 0 Å². The molecule has 0 saturated carbocycles. The van der Waals surface area contributed by atoms with Crippen molar-refractivity contribution >= 4 is 17.9 Å². The second-order valence-electron chi connectivity index (χ2n) is 2.93. The maximum absolute atomic E-state index is 10.4. The van der Waals surface area contributed by atoms with Crippen LogP contribution in [0.15, 0.2) is 24.3 Å². The Bertz CT molecular complexity index is 269. The zero-order valence-corrected chi connectivity index (χ0v) is 8.67. The number of alkyl halides is 1. The summed E-state index contributed by atoms with van der Waals surface area (Å²) in [7, 11) is 0. The monoisotopic (exact) mass is 212 g/mol. The largest absolute Gasteiger partial charge is 0.494 e. The number of ether oxygens (including phenoxy) is 1. The summed E-state index contributed by atoms with van der Waals surface area (Å²) in [5, 5.41) is 0. The molecule has 0 unspecified atom stereocenters. The van der Waals surface area contributed by atoms with Crippen molar-refractivity contribution < 1.29 is 9.53 Å². The Morgan fingerprint density at radius 3 is 2.50 bits per heavy atom. The second kappa shape index (κ2) is 6.44. The van der Waals surface area contributed by atoms with E-state index in [-0.39, 0.29) is 0 Å². The molecule has 0 bridgehead atoms. The minimum absolute atomic E-state index is 0.665. The highest BCUT2D eigenvalue weighted by Gasteiger charge is 1.94. The molecular formula is C11H13ClO2. The molecule has 1 aromatic rings. The number of halogens is 1. The predicted octanol–water partition coefficient (Wildman–Crippen LogP) is 2.90. The van der Waals surface area contributed by atoms with E-state index in [1.807, 2.05) is 0 Å². The molecule has 0 aliphatic rings. The molecule has 0 heterocycles. The van der Waals surface area contributed by atoms with E-state index in [0.717, 1.165) is 24.9 Å². The van der Waals surface area contributed by atoms with Gasteiger partial charge in [-0.25, -0.2) is 0 Å². The van der Waals surface area contributed by atoms with Crippen molar-refractivity contribution in [2.75, 3.05) is 12.5 Å². The highest BCUT2D eigenvalue weighted by Crippen LogP contribution is 2.11. The lowest BCUT2D eigenvalue weighted by atomic mass is 10.2. The van der Waals surface area contributed by atoms with Crippen molar-refractivity contribution in [3.8, 4) is 5.75 Å². The molecule has 0 atom stereocenters. The van der Waals surface area contributed by atoms with Gasteiger partial charge in [0, 0.05) is 11.4 Å². The summed E-state index contributed by atoms with van der Waals surface area (Å²) in [5.74, 6) is 1.47. The van der Waals surface area contributed by atoms with Crippen LogP contribution in [0.5, 0.6) is 5.75 Å². The van der Waals surface area contributed by atoms with Gasteiger partial charge in [0.2, 0.25) is 0 Å². The summed E-state index contributed by atoms with van der Waals surface area (Å²) in [6, 6.07) is 7.07. The van der Waals surface area contributed by atoms with Crippen molar-refractivity contribution in [2.24, 2.45) is 0 Å². The number of unbranched alkanes of at least 4 members (excludes halogenated alkanes) is 1. The topological polar surface area (TPSA) is 26.3 Å². The number of rotatable bonds is 6. The molecule has 0 spiro atoms. The van der Waals surface area contributed by atoms with E-state index < -0.39 is 0 Å². The summed E-state index contributed by atoms with van der Waals surface area (Å²) in [6.45, 7) is 0.674. The Morgan fingerprint density at radius 2 is 1.93 bits per heavy atom. The number of aldehydes is 1. The number of benzene rings is 1. The summed E-state index contributed by atoms with van der Waals surface area (Å²) in [5.41, 5.74) is 0.665. The van der Waals surface area contributed by atoms with E-state index in [0.29, 0.717) is 18.1 Å². The molecule has 0 aliphatic heterocycles. The lowest BCUT2D eigenvalue weighted by molar-refractivity contribution is 0.112. The zero-order chi connectivity index (χ0) is 10.2. The smallest absolute Gasteiger partial charge is 0.150 e. The van der Waals surface area contributed by atoms with Gasteiger partial charge in [0.05, 0.1) is 6.61 Å². The molecule has 0 fully saturated rings. The Hall–Kier alpha value is -1.02. The molecule has 0 amide bonds. The SMILES string of the molecule is O=Cc1ccc(OCCCCCl)cc1. The van der Waals surface area contributed by atoms with Crippen molar-refractivity contribution in [1.82, 2.24) is 0 Å². The van der Waals surface area contributed by atoms with Crippen LogP contribution in [0.2, 0.25) is 0 Å². The van der Waals surface area contributed by atoms with Gasteiger partial charge in [0.25, 0.3) is 0 Å². The molecule has 14 heavy (non-hydrogen) atoms. The van der Waals surface area contributed by atoms with Crippen LogP contribution in [0.25, 0.3) is 0 Å². The minimum Gasteiger partial charge on any atom is -0.494 e. The first kappa shape index (κ1) is 11.1. The first-order valence-corrected chi connectivity index (χ1v) is 5.14. The van der Waals surface area contributed by atoms with Crippen LogP contribution in [-0.2, 0) is 0 Å². The van der Waals surface area contributed by atoms with Crippen LogP contribution < -0.4 is 4.74 Å². The number of carbonyl (C=O) groups excluding carboxylic acids is 1. The first-order chi connectivity index (χ1) is 6.86. The molecule has 1 aromatic carbocycles. The maximum Gasteiger partial charge on any atom is 0.150 e. The number of hydrogen-bond acceptors (Lipinski definition) is 2. The van der Waals surface area contributed by atoms with Gasteiger partial charge >= 0.3 is 0 Å². The van der Waals surface area contributed by atoms with E-state index in [4.69, 9.17) is 16.3 Å². The molecule has 76 valence electrons. The normalized spacial score (nSPS) is 9.79. The molecule has 0 radical (unpaired) electrons. The van der Waals surface area contributed by atoms with Crippen LogP contribution >= 0.6 is 11.6 Å². The van der Waals surface area contributed by atoms with E-state index in [2.05, 4.69) is 0 Å². The highest BCUT2D eigenvalue weighted by molar-refractivity contribution is 6.17. The maximum atomic E-state index is 10.4. The van der Waals surface area contributed by atoms with E-state index in [9.17, 15) is 4.79 Å². The van der Waals surface area contributed by atoms with Crippen LogP contribution in [-0.4, -0.2) is 18.8 Å². The average Bonchev–Trinajstić information content (AvgIpc) is 2.25. The molecular weight excluding hydrogens is 200 g/mol. The third-order valence-electron chi connectivity index (χ3n) is 1.81. The number of carbonyl (C=O) groups is 1. The predicted molar refractivity (Wildman–Crippen MR) is 57.3 cm³/mol. The highest BCUT2D eigenvalue weighted by atomic mass is 35.5. The van der Waals surface area contributed by atoms with E-state index in [1.165, 1.54) is 0 Å². The Balaban J connectivity index is 2.32. The van der Waals surface area contributed by atoms with Crippen molar-refractivity contribution in [3.63, 3.8) is 0 Å². The van der Waals surface area contributed by atoms with Gasteiger partial charge < -0.3 is 4.74 Å². The summed E-state index contributed by atoms with van der Waals surface area (Å²) in [4.78, 5) is 10.4. The molecule has 1 rings (SSSR count). The summed E-state index contributed by atoms with van der Waals surface area (Å²) in [6.07, 6.45) is 2.74. The second-order valence-corrected chi connectivity index (χ2v) is 3.31. The fraction of sp³-hybridized carbons (Fsp3) is 0.364. The van der Waals surface area contributed by atoms with Crippen molar-refractivity contribution in [1.29, 1.82) is 0 Å². The van der Waals surface area contributed by atoms with Crippen molar-refractivity contribution in [3.05, 3.63) is 29.8 Å².